The molecule has 4 nitrogen and oxygen atoms in total. The van der Waals surface area contributed by atoms with Crippen molar-refractivity contribution in [2.75, 3.05) is 19.8 Å². The van der Waals surface area contributed by atoms with E-state index in [0.29, 0.717) is 11.3 Å². The van der Waals surface area contributed by atoms with Crippen molar-refractivity contribution in [3.8, 4) is 0 Å². The summed E-state index contributed by atoms with van der Waals surface area (Å²) in [6.07, 6.45) is 0. The van der Waals surface area contributed by atoms with Gasteiger partial charge >= 0.3 is 5.97 Å². The van der Waals surface area contributed by atoms with Crippen molar-refractivity contribution in [2.45, 2.75) is 13.0 Å². The summed E-state index contributed by atoms with van der Waals surface area (Å²) in [5.74, 6) is -0.939. The Labute approximate surface area is 89.3 Å². The molecule has 1 aromatic rings. The van der Waals surface area contributed by atoms with Crippen molar-refractivity contribution in [3.63, 3.8) is 0 Å². The number of rotatable bonds is 3. The second-order valence-corrected chi connectivity index (χ2v) is 3.75. The van der Waals surface area contributed by atoms with Gasteiger partial charge in [-0.2, -0.15) is 0 Å². The van der Waals surface area contributed by atoms with Crippen molar-refractivity contribution in [1.29, 1.82) is 0 Å². The molecule has 3 N–H and O–H groups in total. The van der Waals surface area contributed by atoms with E-state index in [1.165, 1.54) is 0 Å². The molecule has 0 fully saturated rings. The Kier molecular flexibility index (Phi) is 3.31. The first-order valence-corrected chi connectivity index (χ1v) is 4.73. The number of anilines is 1. The Hall–Kier alpha value is -1.55. The van der Waals surface area contributed by atoms with Gasteiger partial charge in [0.1, 0.15) is 0 Å². The van der Waals surface area contributed by atoms with E-state index >= 15 is 0 Å². The molecule has 15 heavy (non-hydrogen) atoms. The minimum absolute atomic E-state index is 0.0164. The highest BCUT2D eigenvalue weighted by atomic mass is 16.4. The fourth-order valence-electron chi connectivity index (χ4n) is 1.49. The zero-order chi connectivity index (χ0) is 11.6. The lowest BCUT2D eigenvalue weighted by atomic mass is 9.99. The molecule has 82 valence electrons. The number of hydrogen-bond acceptors (Lipinski definition) is 3. The molecule has 1 aromatic carbocycles. The highest BCUT2D eigenvalue weighted by Gasteiger charge is 2.19. The second-order valence-electron chi connectivity index (χ2n) is 3.75. The summed E-state index contributed by atoms with van der Waals surface area (Å²) in [6.45, 7) is 1.93. The SMILES string of the molecule is CC(c1c(N)cccc1C(=O)O)N(C)C. The lowest BCUT2D eigenvalue weighted by Gasteiger charge is -2.23. The van der Waals surface area contributed by atoms with Crippen LogP contribution < -0.4 is 5.73 Å². The van der Waals surface area contributed by atoms with Crippen LogP contribution in [0, 0.1) is 0 Å². The monoisotopic (exact) mass is 208 g/mol. The average Bonchev–Trinajstić information content (AvgIpc) is 2.16. The molecule has 0 aliphatic carbocycles. The summed E-state index contributed by atoms with van der Waals surface area (Å²) < 4.78 is 0. The van der Waals surface area contributed by atoms with Crippen LogP contribution in [0.4, 0.5) is 5.69 Å². The topological polar surface area (TPSA) is 66.6 Å². The zero-order valence-corrected chi connectivity index (χ0v) is 9.19. The molecule has 4 heteroatoms. The van der Waals surface area contributed by atoms with Crippen LogP contribution in [0.5, 0.6) is 0 Å². The maximum atomic E-state index is 11.0. The van der Waals surface area contributed by atoms with Crippen LogP contribution in [0.1, 0.15) is 28.9 Å². The summed E-state index contributed by atoms with van der Waals surface area (Å²) in [5.41, 5.74) is 7.28. The Morgan fingerprint density at radius 3 is 2.53 bits per heavy atom. The number of aromatic carboxylic acids is 1. The highest BCUT2D eigenvalue weighted by Crippen LogP contribution is 2.27. The van der Waals surface area contributed by atoms with Crippen molar-refractivity contribution in [3.05, 3.63) is 29.3 Å². The Morgan fingerprint density at radius 1 is 1.47 bits per heavy atom. The predicted octanol–water partition coefficient (Wildman–Crippen LogP) is 1.59. The van der Waals surface area contributed by atoms with E-state index in [-0.39, 0.29) is 11.6 Å². The van der Waals surface area contributed by atoms with E-state index < -0.39 is 5.97 Å². The average molecular weight is 208 g/mol. The molecule has 1 atom stereocenters. The minimum atomic E-state index is -0.939. The van der Waals surface area contributed by atoms with Crippen LogP contribution in [0.2, 0.25) is 0 Å². The maximum Gasteiger partial charge on any atom is 0.336 e. The molecule has 1 unspecified atom stereocenters. The Balaban J connectivity index is 3.30. The van der Waals surface area contributed by atoms with Gasteiger partial charge in [0.25, 0.3) is 0 Å². The molecule has 0 spiro atoms. The molecular formula is C11H16N2O2. The Morgan fingerprint density at radius 2 is 2.07 bits per heavy atom. The first-order chi connectivity index (χ1) is 6.95. The van der Waals surface area contributed by atoms with Gasteiger partial charge in [-0.3, -0.25) is 0 Å². The van der Waals surface area contributed by atoms with Gasteiger partial charge in [0.2, 0.25) is 0 Å². The van der Waals surface area contributed by atoms with Gasteiger partial charge in [0.15, 0.2) is 0 Å². The van der Waals surface area contributed by atoms with Crippen LogP contribution in [0.15, 0.2) is 18.2 Å². The quantitative estimate of drug-likeness (QED) is 0.740. The maximum absolute atomic E-state index is 11.0. The number of hydrogen-bond donors (Lipinski definition) is 2. The molecule has 0 aliphatic heterocycles. The molecule has 0 saturated carbocycles. The third-order valence-corrected chi connectivity index (χ3v) is 2.56. The zero-order valence-electron chi connectivity index (χ0n) is 9.19. The molecule has 0 amide bonds. The smallest absolute Gasteiger partial charge is 0.336 e. The fourth-order valence-corrected chi connectivity index (χ4v) is 1.49. The van der Waals surface area contributed by atoms with E-state index in [9.17, 15) is 4.79 Å². The van der Waals surface area contributed by atoms with Crippen molar-refractivity contribution in [1.82, 2.24) is 4.90 Å². The van der Waals surface area contributed by atoms with E-state index in [4.69, 9.17) is 10.8 Å². The molecule has 0 bridgehead atoms. The van der Waals surface area contributed by atoms with Crippen molar-refractivity contribution < 1.29 is 9.90 Å². The van der Waals surface area contributed by atoms with Gasteiger partial charge < -0.3 is 15.7 Å². The highest BCUT2D eigenvalue weighted by molar-refractivity contribution is 5.91. The normalized spacial score (nSPS) is 12.8. The van der Waals surface area contributed by atoms with E-state index in [0.717, 1.165) is 0 Å². The molecule has 0 saturated heterocycles. The number of nitrogen functional groups attached to an aromatic ring is 1. The summed E-state index contributed by atoms with van der Waals surface area (Å²) in [7, 11) is 3.78. The predicted molar refractivity (Wildman–Crippen MR) is 59.9 cm³/mol. The Bertz CT molecular complexity index is 375. The molecule has 0 radical (unpaired) electrons. The third-order valence-electron chi connectivity index (χ3n) is 2.56. The van der Waals surface area contributed by atoms with Gasteiger partial charge in [-0.15, -0.1) is 0 Å². The fraction of sp³-hybridized carbons (Fsp3) is 0.364. The third kappa shape index (κ3) is 2.27. The van der Waals surface area contributed by atoms with Crippen LogP contribution in [0.3, 0.4) is 0 Å². The van der Waals surface area contributed by atoms with Crippen molar-refractivity contribution >= 4 is 11.7 Å². The van der Waals surface area contributed by atoms with Gasteiger partial charge in [-0.05, 0) is 33.2 Å². The van der Waals surface area contributed by atoms with E-state index in [2.05, 4.69) is 0 Å². The summed E-state index contributed by atoms with van der Waals surface area (Å²) >= 11 is 0. The minimum Gasteiger partial charge on any atom is -0.478 e. The molecule has 1 rings (SSSR count). The summed E-state index contributed by atoms with van der Waals surface area (Å²) in [4.78, 5) is 13.0. The van der Waals surface area contributed by atoms with Gasteiger partial charge in [-0.1, -0.05) is 6.07 Å². The summed E-state index contributed by atoms with van der Waals surface area (Å²) in [6, 6.07) is 4.94. The number of carbonyl (C=O) groups is 1. The lowest BCUT2D eigenvalue weighted by molar-refractivity contribution is 0.0694. The van der Waals surface area contributed by atoms with E-state index in [1.54, 1.807) is 18.2 Å². The number of carboxylic acid groups (broad SMARTS) is 1. The lowest BCUT2D eigenvalue weighted by Crippen LogP contribution is -2.20. The standard InChI is InChI=1S/C11H16N2O2/c1-7(13(2)3)10-8(11(14)15)5-4-6-9(10)12/h4-7H,12H2,1-3H3,(H,14,15). The van der Waals surface area contributed by atoms with Crippen LogP contribution in [0.25, 0.3) is 0 Å². The van der Waals surface area contributed by atoms with E-state index in [1.807, 2.05) is 25.9 Å². The molecule has 0 heterocycles. The number of carboxylic acids is 1. The number of nitrogens with zero attached hydrogens (tertiary/aromatic N) is 1. The first-order valence-electron chi connectivity index (χ1n) is 4.73. The van der Waals surface area contributed by atoms with Crippen LogP contribution in [-0.4, -0.2) is 30.1 Å². The largest absolute Gasteiger partial charge is 0.478 e. The van der Waals surface area contributed by atoms with Gasteiger partial charge in [-0.25, -0.2) is 4.79 Å². The number of nitrogens with two attached hydrogens (primary N) is 1. The second kappa shape index (κ2) is 4.31. The summed E-state index contributed by atoms with van der Waals surface area (Å²) in [5, 5.41) is 9.05. The number of benzene rings is 1. The van der Waals surface area contributed by atoms with Gasteiger partial charge in [0.05, 0.1) is 5.56 Å². The van der Waals surface area contributed by atoms with Gasteiger partial charge in [0, 0.05) is 17.3 Å². The van der Waals surface area contributed by atoms with Crippen LogP contribution in [-0.2, 0) is 0 Å². The molecular weight excluding hydrogens is 192 g/mol. The van der Waals surface area contributed by atoms with Crippen LogP contribution >= 0.6 is 0 Å². The van der Waals surface area contributed by atoms with Crippen molar-refractivity contribution in [2.24, 2.45) is 0 Å². The molecule has 0 aromatic heterocycles. The first kappa shape index (κ1) is 11.5. The molecule has 0 aliphatic rings.